The Morgan fingerprint density at radius 3 is 2.55 bits per heavy atom. The monoisotopic (exact) mass is 444 g/mol. The molecule has 0 saturated carbocycles. The number of halogens is 1. The molecule has 2 aromatic carbocycles. The molecule has 0 atom stereocenters. The van der Waals surface area contributed by atoms with E-state index >= 15 is 0 Å². The zero-order valence-electron chi connectivity index (χ0n) is 18.0. The second kappa shape index (κ2) is 8.87. The summed E-state index contributed by atoms with van der Waals surface area (Å²) in [4.78, 5) is 23.3. The Bertz CT molecular complexity index is 1300. The minimum absolute atomic E-state index is 0.0466. The molecule has 0 spiro atoms. The van der Waals surface area contributed by atoms with Crippen LogP contribution in [0.15, 0.2) is 59.1 Å². The lowest BCUT2D eigenvalue weighted by atomic mass is 10.1. The SMILES string of the molecule is Cc1ncc(-c2ccc(C(=O)N3CCNCC3)c(F)c2)nc1-c1nnc(-c2ccccc2)o1. The van der Waals surface area contributed by atoms with Crippen LogP contribution in [0.5, 0.6) is 0 Å². The average molecular weight is 444 g/mol. The molecule has 0 aliphatic carbocycles. The number of nitrogens with zero attached hydrogens (tertiary/aromatic N) is 5. The number of aryl methyl sites for hydroxylation is 1. The van der Waals surface area contributed by atoms with E-state index in [9.17, 15) is 9.18 Å². The van der Waals surface area contributed by atoms with Crippen LogP contribution in [-0.2, 0) is 0 Å². The number of rotatable bonds is 4. The highest BCUT2D eigenvalue weighted by Crippen LogP contribution is 2.27. The fourth-order valence-electron chi connectivity index (χ4n) is 3.69. The van der Waals surface area contributed by atoms with Gasteiger partial charge in [0.05, 0.1) is 23.1 Å². The van der Waals surface area contributed by atoms with Crippen molar-refractivity contribution in [1.29, 1.82) is 0 Å². The maximum Gasteiger partial charge on any atom is 0.268 e. The topological polar surface area (TPSA) is 97.0 Å². The van der Waals surface area contributed by atoms with Crippen LogP contribution in [0.3, 0.4) is 0 Å². The average Bonchev–Trinajstić information content (AvgIpc) is 3.35. The number of piperazine rings is 1. The van der Waals surface area contributed by atoms with E-state index in [2.05, 4.69) is 25.5 Å². The largest absolute Gasteiger partial charge is 0.415 e. The van der Waals surface area contributed by atoms with Gasteiger partial charge >= 0.3 is 0 Å². The molecule has 8 nitrogen and oxygen atoms in total. The van der Waals surface area contributed by atoms with E-state index in [1.807, 2.05) is 30.3 Å². The second-order valence-corrected chi connectivity index (χ2v) is 7.70. The van der Waals surface area contributed by atoms with Crippen molar-refractivity contribution in [2.75, 3.05) is 26.2 Å². The molecule has 0 bridgehead atoms. The van der Waals surface area contributed by atoms with Gasteiger partial charge in [0, 0.05) is 37.3 Å². The summed E-state index contributed by atoms with van der Waals surface area (Å²) in [7, 11) is 0. The lowest BCUT2D eigenvalue weighted by molar-refractivity contribution is 0.0731. The quantitative estimate of drug-likeness (QED) is 0.516. The first kappa shape index (κ1) is 20.9. The van der Waals surface area contributed by atoms with Crippen molar-refractivity contribution >= 4 is 5.91 Å². The highest BCUT2D eigenvalue weighted by molar-refractivity contribution is 5.95. The number of benzene rings is 2. The predicted molar refractivity (Wildman–Crippen MR) is 120 cm³/mol. The van der Waals surface area contributed by atoms with E-state index in [1.54, 1.807) is 24.1 Å². The number of carbonyl (C=O) groups is 1. The molecule has 1 fully saturated rings. The molecule has 4 aromatic rings. The molecule has 33 heavy (non-hydrogen) atoms. The lowest BCUT2D eigenvalue weighted by Gasteiger charge is -2.27. The van der Waals surface area contributed by atoms with Gasteiger partial charge in [0.15, 0.2) is 0 Å². The Hall–Kier alpha value is -3.98. The van der Waals surface area contributed by atoms with Gasteiger partial charge in [-0.2, -0.15) is 0 Å². The second-order valence-electron chi connectivity index (χ2n) is 7.70. The molecular formula is C24H21FN6O2. The van der Waals surface area contributed by atoms with Gasteiger partial charge in [-0.25, -0.2) is 9.37 Å². The van der Waals surface area contributed by atoms with Crippen molar-refractivity contribution < 1.29 is 13.6 Å². The van der Waals surface area contributed by atoms with E-state index in [1.165, 1.54) is 12.1 Å². The predicted octanol–water partition coefficient (Wildman–Crippen LogP) is 3.35. The summed E-state index contributed by atoms with van der Waals surface area (Å²) in [6.45, 7) is 4.31. The Morgan fingerprint density at radius 2 is 1.79 bits per heavy atom. The first-order valence-corrected chi connectivity index (χ1v) is 10.6. The molecule has 166 valence electrons. The van der Waals surface area contributed by atoms with E-state index in [0.29, 0.717) is 54.7 Å². The van der Waals surface area contributed by atoms with Crippen LogP contribution in [0.2, 0.25) is 0 Å². The molecule has 0 radical (unpaired) electrons. The van der Waals surface area contributed by atoms with Gasteiger partial charge in [-0.3, -0.25) is 9.78 Å². The van der Waals surface area contributed by atoms with Crippen LogP contribution in [0.1, 0.15) is 16.1 Å². The van der Waals surface area contributed by atoms with Gasteiger partial charge in [0.25, 0.3) is 11.8 Å². The zero-order chi connectivity index (χ0) is 22.8. The molecule has 1 aliphatic rings. The highest BCUT2D eigenvalue weighted by atomic mass is 19.1. The van der Waals surface area contributed by atoms with E-state index < -0.39 is 5.82 Å². The van der Waals surface area contributed by atoms with Crippen LogP contribution in [0.4, 0.5) is 4.39 Å². The van der Waals surface area contributed by atoms with E-state index in [0.717, 1.165) is 5.56 Å². The first-order chi connectivity index (χ1) is 16.1. The summed E-state index contributed by atoms with van der Waals surface area (Å²) in [5.41, 5.74) is 2.81. The summed E-state index contributed by atoms with van der Waals surface area (Å²) in [6, 6.07) is 13.9. The fourth-order valence-corrected chi connectivity index (χ4v) is 3.69. The maximum absolute atomic E-state index is 14.9. The number of aromatic nitrogens is 4. The van der Waals surface area contributed by atoms with Crippen molar-refractivity contribution in [3.63, 3.8) is 0 Å². The molecule has 0 unspecified atom stereocenters. The molecule has 3 heterocycles. The number of hydrogen-bond donors (Lipinski definition) is 1. The lowest BCUT2D eigenvalue weighted by Crippen LogP contribution is -2.46. The summed E-state index contributed by atoms with van der Waals surface area (Å²) in [5.74, 6) is -0.301. The molecule has 5 rings (SSSR count). The van der Waals surface area contributed by atoms with Crippen LogP contribution in [0.25, 0.3) is 34.3 Å². The number of carbonyl (C=O) groups excluding carboxylic acids is 1. The van der Waals surface area contributed by atoms with Crippen LogP contribution in [0, 0.1) is 12.7 Å². The first-order valence-electron chi connectivity index (χ1n) is 10.6. The summed E-state index contributed by atoms with van der Waals surface area (Å²) in [5, 5.41) is 11.4. The molecule has 1 N–H and O–H groups in total. The Labute approximate surface area is 189 Å². The molecule has 2 aromatic heterocycles. The minimum atomic E-state index is -0.593. The third kappa shape index (κ3) is 4.22. The van der Waals surface area contributed by atoms with Crippen molar-refractivity contribution in [3.8, 4) is 34.3 Å². The van der Waals surface area contributed by atoms with Gasteiger partial charge in [-0.05, 0) is 31.2 Å². The van der Waals surface area contributed by atoms with Crippen molar-refractivity contribution in [1.82, 2.24) is 30.4 Å². The smallest absolute Gasteiger partial charge is 0.268 e. The van der Waals surface area contributed by atoms with Crippen LogP contribution >= 0.6 is 0 Å². The molecule has 1 saturated heterocycles. The maximum atomic E-state index is 14.9. The highest BCUT2D eigenvalue weighted by Gasteiger charge is 2.22. The van der Waals surface area contributed by atoms with Gasteiger partial charge in [-0.1, -0.05) is 24.3 Å². The van der Waals surface area contributed by atoms with Crippen LogP contribution < -0.4 is 5.32 Å². The normalized spacial score (nSPS) is 13.8. The third-order valence-corrected chi connectivity index (χ3v) is 5.50. The van der Waals surface area contributed by atoms with E-state index in [4.69, 9.17) is 4.42 Å². The van der Waals surface area contributed by atoms with Crippen molar-refractivity contribution in [2.24, 2.45) is 0 Å². The standard InChI is InChI=1S/C24H21FN6O2/c1-15-21(23-30-29-22(33-23)16-5-3-2-4-6-16)28-20(14-27-15)17-7-8-18(19(25)13-17)24(32)31-11-9-26-10-12-31/h2-8,13-14,26H,9-12H2,1H3. The number of amides is 1. The number of hydrogen-bond acceptors (Lipinski definition) is 7. The van der Waals surface area contributed by atoms with Crippen LogP contribution in [-0.4, -0.2) is 57.2 Å². The Morgan fingerprint density at radius 1 is 1.03 bits per heavy atom. The Kier molecular flexibility index (Phi) is 5.62. The van der Waals surface area contributed by atoms with Gasteiger partial charge < -0.3 is 14.6 Å². The van der Waals surface area contributed by atoms with E-state index in [-0.39, 0.29) is 17.4 Å². The van der Waals surface area contributed by atoms with Gasteiger partial charge in [-0.15, -0.1) is 10.2 Å². The summed E-state index contributed by atoms with van der Waals surface area (Å²) in [6.07, 6.45) is 1.56. The molecule has 1 amide bonds. The van der Waals surface area contributed by atoms with Gasteiger partial charge in [0.2, 0.25) is 5.89 Å². The van der Waals surface area contributed by atoms with Crippen molar-refractivity contribution in [2.45, 2.75) is 6.92 Å². The molecule has 9 heteroatoms. The molecule has 1 aliphatic heterocycles. The summed E-state index contributed by atoms with van der Waals surface area (Å²) < 4.78 is 20.7. The Balaban J connectivity index is 1.44. The zero-order valence-corrected chi connectivity index (χ0v) is 18.0. The summed E-state index contributed by atoms with van der Waals surface area (Å²) >= 11 is 0. The third-order valence-electron chi connectivity index (χ3n) is 5.50. The van der Waals surface area contributed by atoms with Gasteiger partial charge in [0.1, 0.15) is 11.5 Å². The molecular weight excluding hydrogens is 423 g/mol. The van der Waals surface area contributed by atoms with Crippen molar-refractivity contribution in [3.05, 3.63) is 71.8 Å². The minimum Gasteiger partial charge on any atom is -0.415 e. The fraction of sp³-hybridized carbons (Fsp3) is 0.208. The number of nitrogens with one attached hydrogen (secondary N) is 1.